The van der Waals surface area contributed by atoms with Crippen LogP contribution in [-0.2, 0) is 6.54 Å². The summed E-state index contributed by atoms with van der Waals surface area (Å²) in [5.41, 5.74) is 4.60. The van der Waals surface area contributed by atoms with Crippen molar-refractivity contribution >= 4 is 22.4 Å². The van der Waals surface area contributed by atoms with Crippen molar-refractivity contribution in [2.75, 3.05) is 0 Å². The zero-order valence-electron chi connectivity index (χ0n) is 13.8. The molecule has 0 fully saturated rings. The van der Waals surface area contributed by atoms with Gasteiger partial charge in [0, 0.05) is 39.8 Å². The van der Waals surface area contributed by atoms with Crippen molar-refractivity contribution in [3.05, 3.63) is 88.6 Å². The van der Waals surface area contributed by atoms with Gasteiger partial charge >= 0.3 is 0 Å². The van der Waals surface area contributed by atoms with Gasteiger partial charge in [-0.2, -0.15) is 0 Å². The Morgan fingerprint density at radius 1 is 1.08 bits per heavy atom. The molecule has 0 amide bonds. The second-order valence-electron chi connectivity index (χ2n) is 6.49. The molecule has 3 heterocycles. The molecule has 1 aliphatic rings. The molecule has 5 rings (SSSR count). The van der Waals surface area contributed by atoms with Crippen LogP contribution in [0.2, 0.25) is 5.02 Å². The molecule has 0 aliphatic carbocycles. The molecule has 0 radical (unpaired) electrons. The van der Waals surface area contributed by atoms with Crippen molar-refractivity contribution in [2.24, 2.45) is 0 Å². The number of hydrogen-bond acceptors (Lipinski definition) is 2. The van der Waals surface area contributed by atoms with E-state index in [4.69, 9.17) is 16.0 Å². The van der Waals surface area contributed by atoms with E-state index in [0.717, 1.165) is 38.5 Å². The third-order valence-corrected chi connectivity index (χ3v) is 5.42. The third-order valence-electron chi connectivity index (χ3n) is 5.07. The van der Waals surface area contributed by atoms with Crippen molar-refractivity contribution in [3.8, 4) is 5.69 Å². The number of furan rings is 1. The molecular weight excluding hydrogens is 332 g/mol. The van der Waals surface area contributed by atoms with Crippen LogP contribution in [0, 0.1) is 6.92 Å². The Balaban J connectivity index is 1.72. The van der Waals surface area contributed by atoms with Gasteiger partial charge in [-0.05, 0) is 36.8 Å². The van der Waals surface area contributed by atoms with Crippen molar-refractivity contribution in [2.45, 2.75) is 19.5 Å². The number of nitrogens with one attached hydrogen (secondary N) is 1. The quantitative estimate of drug-likeness (QED) is 0.500. The highest BCUT2D eigenvalue weighted by molar-refractivity contribution is 6.31. The molecular formula is C21H17ClN2O. The minimum atomic E-state index is -0.0298. The highest BCUT2D eigenvalue weighted by Crippen LogP contribution is 2.36. The van der Waals surface area contributed by atoms with Crippen LogP contribution in [0.3, 0.4) is 0 Å². The number of halogens is 1. The summed E-state index contributed by atoms with van der Waals surface area (Å²) in [6.45, 7) is 2.80. The molecule has 0 bridgehead atoms. The third kappa shape index (κ3) is 2.16. The van der Waals surface area contributed by atoms with Gasteiger partial charge in [-0.15, -0.1) is 0 Å². The minimum Gasteiger partial charge on any atom is -0.466 e. The molecule has 25 heavy (non-hydrogen) atoms. The normalized spacial score (nSPS) is 16.5. The minimum absolute atomic E-state index is 0.0298. The zero-order valence-corrected chi connectivity index (χ0v) is 14.5. The largest absolute Gasteiger partial charge is 0.466 e. The summed E-state index contributed by atoms with van der Waals surface area (Å²) in [7, 11) is 0. The molecule has 1 atom stereocenters. The molecule has 2 aromatic heterocycles. The van der Waals surface area contributed by atoms with E-state index >= 15 is 0 Å². The molecule has 1 aliphatic heterocycles. The van der Waals surface area contributed by atoms with Crippen LogP contribution >= 0.6 is 11.6 Å². The van der Waals surface area contributed by atoms with Gasteiger partial charge in [0.15, 0.2) is 0 Å². The Hall–Kier alpha value is -2.49. The van der Waals surface area contributed by atoms with E-state index in [0.29, 0.717) is 6.54 Å². The molecule has 0 spiro atoms. The van der Waals surface area contributed by atoms with Crippen LogP contribution in [0.15, 0.2) is 65.4 Å². The van der Waals surface area contributed by atoms with Crippen molar-refractivity contribution in [1.82, 2.24) is 9.88 Å². The fourth-order valence-electron chi connectivity index (χ4n) is 3.79. The van der Waals surface area contributed by atoms with E-state index in [2.05, 4.69) is 59.4 Å². The fourth-order valence-corrected chi connectivity index (χ4v) is 4.03. The van der Waals surface area contributed by atoms with Crippen LogP contribution in [0.5, 0.6) is 0 Å². The monoisotopic (exact) mass is 348 g/mol. The lowest BCUT2D eigenvalue weighted by Gasteiger charge is -2.16. The summed E-state index contributed by atoms with van der Waals surface area (Å²) in [5, 5.41) is 6.74. The first-order valence-electron chi connectivity index (χ1n) is 8.39. The van der Waals surface area contributed by atoms with E-state index in [9.17, 15) is 0 Å². The van der Waals surface area contributed by atoms with E-state index in [1.54, 1.807) is 0 Å². The Bertz CT molecular complexity index is 1090. The Morgan fingerprint density at radius 2 is 1.96 bits per heavy atom. The van der Waals surface area contributed by atoms with Crippen LogP contribution in [0.1, 0.15) is 28.6 Å². The average Bonchev–Trinajstić information content (AvgIpc) is 3.22. The smallest absolute Gasteiger partial charge is 0.134 e. The van der Waals surface area contributed by atoms with Gasteiger partial charge in [0.05, 0.1) is 12.0 Å². The lowest BCUT2D eigenvalue weighted by Crippen LogP contribution is -2.21. The van der Waals surface area contributed by atoms with Crippen molar-refractivity contribution in [1.29, 1.82) is 0 Å². The topological polar surface area (TPSA) is 30.1 Å². The molecule has 4 heteroatoms. The highest BCUT2D eigenvalue weighted by Gasteiger charge is 2.27. The van der Waals surface area contributed by atoms with E-state index < -0.39 is 0 Å². The Morgan fingerprint density at radius 3 is 2.88 bits per heavy atom. The summed E-state index contributed by atoms with van der Waals surface area (Å²) < 4.78 is 8.24. The molecule has 0 saturated heterocycles. The molecule has 4 aromatic rings. The van der Waals surface area contributed by atoms with Crippen molar-refractivity contribution < 1.29 is 4.42 Å². The van der Waals surface area contributed by atoms with Gasteiger partial charge in [0.25, 0.3) is 0 Å². The Kier molecular flexibility index (Phi) is 3.27. The highest BCUT2D eigenvalue weighted by atomic mass is 35.5. The van der Waals surface area contributed by atoms with E-state index in [-0.39, 0.29) is 6.04 Å². The van der Waals surface area contributed by atoms with Gasteiger partial charge in [-0.3, -0.25) is 5.32 Å². The SMILES string of the molecule is Cc1cccc2c(C3NCc4c(Cl)cccc4-n4cccc43)occ12. The maximum Gasteiger partial charge on any atom is 0.134 e. The number of aromatic nitrogens is 1. The second kappa shape index (κ2) is 5.51. The van der Waals surface area contributed by atoms with Gasteiger partial charge in [-0.1, -0.05) is 35.9 Å². The standard InChI is InChI=1S/C21H17ClN2O/c1-13-5-2-6-14-16(13)12-25-21(14)20-19-9-4-10-24(19)18-8-3-7-17(22)15(18)11-23-20/h2-10,12,20,23H,11H2,1H3. The van der Waals surface area contributed by atoms with Gasteiger partial charge in [0.1, 0.15) is 11.8 Å². The van der Waals surface area contributed by atoms with Gasteiger partial charge < -0.3 is 8.98 Å². The first kappa shape index (κ1) is 14.8. The van der Waals surface area contributed by atoms with Crippen LogP contribution in [0.25, 0.3) is 16.5 Å². The van der Waals surface area contributed by atoms with E-state index in [1.807, 2.05) is 18.4 Å². The van der Waals surface area contributed by atoms with Gasteiger partial charge in [-0.25, -0.2) is 0 Å². The first-order chi connectivity index (χ1) is 12.2. The molecule has 124 valence electrons. The summed E-state index contributed by atoms with van der Waals surface area (Å²) in [6.07, 6.45) is 3.95. The number of benzene rings is 2. The lowest BCUT2D eigenvalue weighted by atomic mass is 10.0. The molecule has 1 unspecified atom stereocenters. The first-order valence-corrected chi connectivity index (χ1v) is 8.77. The maximum atomic E-state index is 6.46. The van der Waals surface area contributed by atoms with Gasteiger partial charge in [0.2, 0.25) is 0 Å². The average molecular weight is 349 g/mol. The summed E-state index contributed by atoms with van der Waals surface area (Å²) in [6, 6.07) is 16.5. The second-order valence-corrected chi connectivity index (χ2v) is 6.90. The number of fused-ring (bicyclic) bond motifs is 4. The molecule has 1 N–H and O–H groups in total. The number of nitrogens with zero attached hydrogens (tertiary/aromatic N) is 1. The lowest BCUT2D eigenvalue weighted by molar-refractivity contribution is 0.448. The molecule has 0 saturated carbocycles. The summed E-state index contributed by atoms with van der Waals surface area (Å²) in [4.78, 5) is 0. The van der Waals surface area contributed by atoms with Crippen LogP contribution in [0.4, 0.5) is 0 Å². The summed E-state index contributed by atoms with van der Waals surface area (Å²) >= 11 is 6.46. The molecule has 2 aromatic carbocycles. The number of aryl methyl sites for hydroxylation is 1. The van der Waals surface area contributed by atoms with Crippen LogP contribution in [-0.4, -0.2) is 4.57 Å². The van der Waals surface area contributed by atoms with Crippen molar-refractivity contribution in [3.63, 3.8) is 0 Å². The fraction of sp³-hybridized carbons (Fsp3) is 0.143. The summed E-state index contributed by atoms with van der Waals surface area (Å²) in [5.74, 6) is 0.947. The predicted octanol–water partition coefficient (Wildman–Crippen LogP) is 5.38. The zero-order chi connectivity index (χ0) is 17.0. The molecule has 3 nitrogen and oxygen atoms in total. The number of rotatable bonds is 1. The Labute approximate surface area is 150 Å². The van der Waals surface area contributed by atoms with Crippen LogP contribution < -0.4 is 5.32 Å². The number of hydrogen-bond donors (Lipinski definition) is 1. The van der Waals surface area contributed by atoms with E-state index in [1.165, 1.54) is 5.56 Å². The maximum absolute atomic E-state index is 6.46. The predicted molar refractivity (Wildman–Crippen MR) is 100 cm³/mol.